The van der Waals surface area contributed by atoms with Crippen molar-refractivity contribution >= 4 is 67.5 Å². The first-order valence-electron chi connectivity index (χ1n) is 8.95. The molecule has 1 aliphatic carbocycles. The fourth-order valence-corrected chi connectivity index (χ4v) is 5.13. The summed E-state index contributed by atoms with van der Waals surface area (Å²) < 4.78 is 7.13. The van der Waals surface area contributed by atoms with Crippen LogP contribution >= 0.6 is 24.0 Å². The van der Waals surface area contributed by atoms with Crippen LogP contribution in [0.1, 0.15) is 31.1 Å². The number of aryl methyl sites for hydroxylation is 1. The number of benzene rings is 1. The van der Waals surface area contributed by atoms with E-state index in [0.29, 0.717) is 26.9 Å². The molecule has 1 aromatic carbocycles. The van der Waals surface area contributed by atoms with Gasteiger partial charge in [-0.3, -0.25) is 0 Å². The van der Waals surface area contributed by atoms with Crippen molar-refractivity contribution < 1.29 is 9.32 Å². The van der Waals surface area contributed by atoms with Gasteiger partial charge in [0.2, 0.25) is 0 Å². The van der Waals surface area contributed by atoms with E-state index in [4.69, 9.17) is 16.1 Å². The van der Waals surface area contributed by atoms with Crippen molar-refractivity contribution in [1.82, 2.24) is 15.0 Å². The molecule has 2 aromatic heterocycles. The van der Waals surface area contributed by atoms with Crippen LogP contribution in [0.3, 0.4) is 0 Å². The number of halogens is 2. The van der Waals surface area contributed by atoms with Gasteiger partial charge in [-0.05, 0) is 0 Å². The maximum absolute atomic E-state index is 13.3. The summed E-state index contributed by atoms with van der Waals surface area (Å²) in [5.41, 5.74) is 3.26. The van der Waals surface area contributed by atoms with E-state index in [0.717, 1.165) is 30.2 Å². The minimum absolute atomic E-state index is 0. The van der Waals surface area contributed by atoms with Gasteiger partial charge >= 0.3 is 168 Å². The summed E-state index contributed by atoms with van der Waals surface area (Å²) in [7, 11) is 0. The summed E-state index contributed by atoms with van der Waals surface area (Å²) in [5, 5.41) is 9.60. The quantitative estimate of drug-likeness (QED) is 0.569. The molecule has 0 saturated heterocycles. The van der Waals surface area contributed by atoms with Crippen molar-refractivity contribution in [2.75, 3.05) is 0 Å². The Labute approximate surface area is 180 Å². The Kier molecular flexibility index (Phi) is 6.43. The van der Waals surface area contributed by atoms with E-state index in [9.17, 15) is 9.59 Å². The molecule has 4 rings (SSSR count). The number of carbonyl (C=O) groups is 1. The Bertz CT molecular complexity index is 1100. The molecule has 2 heterocycles. The van der Waals surface area contributed by atoms with Crippen LogP contribution in [0.2, 0.25) is 15.9 Å². The van der Waals surface area contributed by atoms with Crippen LogP contribution in [0.15, 0.2) is 27.5 Å². The molecular weight excluding hydrogens is 464 g/mol. The molecule has 0 spiro atoms. The second-order valence-corrected chi connectivity index (χ2v) is 9.37. The number of amides is 1. The number of nitrogens with zero attached hydrogens (tertiary/aromatic N) is 2. The molecule has 1 aliphatic rings. The van der Waals surface area contributed by atoms with Crippen molar-refractivity contribution in [1.29, 1.82) is 0 Å². The van der Waals surface area contributed by atoms with E-state index in [2.05, 4.69) is 16.2 Å². The van der Waals surface area contributed by atoms with E-state index >= 15 is 0 Å². The van der Waals surface area contributed by atoms with Crippen LogP contribution in [-0.4, -0.2) is 37.4 Å². The molecule has 1 saturated carbocycles. The van der Waals surface area contributed by atoms with Crippen molar-refractivity contribution in [2.24, 2.45) is 0 Å². The Hall–Kier alpha value is -1.49. The van der Waals surface area contributed by atoms with Gasteiger partial charge in [-0.2, -0.15) is 0 Å². The van der Waals surface area contributed by atoms with E-state index in [1.807, 2.05) is 16.7 Å². The predicted molar refractivity (Wildman–Crippen MR) is 114 cm³/mol. The topological polar surface area (TPSA) is 77.1 Å². The fraction of sp³-hybridized carbons (Fsp3) is 0.421. The minimum atomic E-state index is -0.103. The van der Waals surface area contributed by atoms with Crippen LogP contribution in [0.25, 0.3) is 21.8 Å². The molecule has 1 fully saturated rings. The molecule has 28 heavy (non-hydrogen) atoms. The molecule has 1 N–H and O–H groups in total. The zero-order valence-corrected chi connectivity index (χ0v) is 19.0. The number of pyridine rings is 1. The summed E-state index contributed by atoms with van der Waals surface area (Å²) >= 11 is 6.53. The first-order valence-corrected chi connectivity index (χ1v) is 12.5. The normalized spacial score (nSPS) is 19.5. The van der Waals surface area contributed by atoms with Gasteiger partial charge in [-0.15, -0.1) is 12.4 Å². The first-order chi connectivity index (χ1) is 13.0. The van der Waals surface area contributed by atoms with Crippen LogP contribution < -0.4 is 10.9 Å². The predicted octanol–water partition coefficient (Wildman–Crippen LogP) is 3.91. The van der Waals surface area contributed by atoms with Crippen molar-refractivity contribution in [3.05, 3.63) is 39.3 Å². The van der Waals surface area contributed by atoms with Crippen LogP contribution in [0.5, 0.6) is 0 Å². The molecule has 6 nitrogen and oxygen atoms in total. The number of carbonyl (C=O) groups excluding carboxylic acids is 1. The number of nitrogens with one attached hydrogen (secondary N) is 1. The van der Waals surface area contributed by atoms with Gasteiger partial charge < -0.3 is 0 Å². The minimum Gasteiger partial charge on any atom is -0.147 e. The Morgan fingerprint density at radius 1 is 1.39 bits per heavy atom. The fourth-order valence-electron chi connectivity index (χ4n) is 4.08. The zero-order chi connectivity index (χ0) is 19.1. The molecule has 149 valence electrons. The van der Waals surface area contributed by atoms with E-state index in [1.54, 1.807) is 13.0 Å². The average molecular weight is 485 g/mol. The summed E-state index contributed by atoms with van der Waals surface area (Å²) in [4.78, 5) is 25.2. The monoisotopic (exact) mass is 484 g/mol. The van der Waals surface area contributed by atoms with E-state index in [-0.39, 0.29) is 51.7 Å². The SMILES string of the molecule is C[As]CC(=O)NC1CCC(n2c(=O)c3c(C)onc3c3c(Cl)cccc32)C1.Cl. The molecule has 1 radical (unpaired) electrons. The van der Waals surface area contributed by atoms with Crippen LogP contribution in [-0.2, 0) is 4.79 Å². The molecule has 1 amide bonds. The van der Waals surface area contributed by atoms with Gasteiger partial charge in [0, 0.05) is 0 Å². The third-order valence-corrected chi connectivity index (χ3v) is 6.80. The van der Waals surface area contributed by atoms with Crippen molar-refractivity contribution in [2.45, 2.75) is 49.2 Å². The third kappa shape index (κ3) is 3.58. The number of aromatic nitrogens is 2. The second-order valence-electron chi connectivity index (χ2n) is 6.98. The molecule has 2 atom stereocenters. The smallest absolute Gasteiger partial charge is 0.147 e. The molecule has 2 unspecified atom stereocenters. The maximum atomic E-state index is 13.3. The number of rotatable bonds is 4. The van der Waals surface area contributed by atoms with E-state index in [1.165, 1.54) is 0 Å². The Morgan fingerprint density at radius 2 is 2.18 bits per heavy atom. The van der Waals surface area contributed by atoms with Gasteiger partial charge in [-0.25, -0.2) is 0 Å². The van der Waals surface area contributed by atoms with Gasteiger partial charge in [-0.1, -0.05) is 0 Å². The largest absolute Gasteiger partial charge is 0.147 e. The molecule has 9 heteroatoms. The number of fused-ring (bicyclic) bond motifs is 3. The van der Waals surface area contributed by atoms with Gasteiger partial charge in [0.05, 0.1) is 0 Å². The van der Waals surface area contributed by atoms with Crippen molar-refractivity contribution in [3.63, 3.8) is 0 Å². The summed E-state index contributed by atoms with van der Waals surface area (Å²) in [6.45, 7) is 1.74. The van der Waals surface area contributed by atoms with Crippen molar-refractivity contribution in [3.8, 4) is 0 Å². The molecule has 3 aromatic rings. The molecular formula is C19H21AsCl2N3O3. The summed E-state index contributed by atoms with van der Waals surface area (Å²) in [6, 6.07) is 5.66. The standard InChI is InChI=1S/C19H20AsClN3O3.ClH/c1-10-16-18(23-27-10)17-13(21)4-3-5-14(17)24(19(16)26)12-7-6-11(8-12)22-15(25)9-20-2;/h3-5,11-12H,6-9H2,1-2H3,(H,22,25);1H. The van der Waals surface area contributed by atoms with E-state index < -0.39 is 0 Å². The number of hydrogen-bond acceptors (Lipinski definition) is 4. The second kappa shape index (κ2) is 8.48. The summed E-state index contributed by atoms with van der Waals surface area (Å²) in [5.74, 6) is 0.619. The maximum Gasteiger partial charge on any atom is -0.147 e. The van der Waals surface area contributed by atoms with Crippen LogP contribution in [0.4, 0.5) is 0 Å². The van der Waals surface area contributed by atoms with Gasteiger partial charge in [0.1, 0.15) is 0 Å². The first kappa shape index (κ1) is 21.2. The third-order valence-electron chi connectivity index (χ3n) is 5.22. The van der Waals surface area contributed by atoms with Gasteiger partial charge in [0.25, 0.3) is 0 Å². The average Bonchev–Trinajstić information content (AvgIpc) is 3.22. The van der Waals surface area contributed by atoms with Crippen LogP contribution in [0, 0.1) is 6.92 Å². The van der Waals surface area contributed by atoms with Gasteiger partial charge in [0.15, 0.2) is 0 Å². The zero-order valence-electron chi connectivity index (χ0n) is 15.6. The molecule has 0 bridgehead atoms. The Morgan fingerprint density at radius 3 is 2.93 bits per heavy atom. The summed E-state index contributed by atoms with van der Waals surface area (Å²) in [6.07, 6.45) is 2.44. The number of hydrogen-bond donors (Lipinski definition) is 1. The Balaban J connectivity index is 0.00000225. The molecule has 0 aliphatic heterocycles.